The van der Waals surface area contributed by atoms with Gasteiger partial charge in [0.1, 0.15) is 11.5 Å². The van der Waals surface area contributed by atoms with Crippen molar-refractivity contribution in [3.8, 4) is 0 Å². The number of carbonyl (C=O) groups is 1. The molecule has 0 radical (unpaired) electrons. The van der Waals surface area contributed by atoms with Crippen LogP contribution in [-0.4, -0.2) is 34.9 Å². The number of nitrogens with two attached hydrogens (primary N) is 1. The van der Waals surface area contributed by atoms with Crippen LogP contribution in [0.1, 0.15) is 5.69 Å². The van der Waals surface area contributed by atoms with Gasteiger partial charge in [0.2, 0.25) is 5.91 Å². The zero-order valence-corrected chi connectivity index (χ0v) is 13.1. The molecule has 6 nitrogen and oxygen atoms in total. The number of nitrogens with one attached hydrogen (secondary N) is 1. The fourth-order valence-electron chi connectivity index (χ4n) is 2.23. The zero-order chi connectivity index (χ0) is 16.2. The van der Waals surface area contributed by atoms with Gasteiger partial charge in [-0.15, -0.1) is 11.8 Å². The summed E-state index contributed by atoms with van der Waals surface area (Å²) in [4.78, 5) is 22.9. The molecule has 0 fully saturated rings. The summed E-state index contributed by atoms with van der Waals surface area (Å²) in [5.41, 5.74) is 7.21. The van der Waals surface area contributed by atoms with E-state index < -0.39 is 0 Å². The van der Waals surface area contributed by atoms with Gasteiger partial charge in [-0.25, -0.2) is 4.99 Å². The zero-order valence-electron chi connectivity index (χ0n) is 12.3. The third-order valence-electron chi connectivity index (χ3n) is 3.29. The Morgan fingerprint density at radius 1 is 1.30 bits per heavy atom. The molecule has 0 bridgehead atoms. The number of pyridine rings is 1. The van der Waals surface area contributed by atoms with Gasteiger partial charge < -0.3 is 10.6 Å². The topological polar surface area (TPSA) is 95.4 Å². The molecule has 1 aliphatic rings. The van der Waals surface area contributed by atoms with E-state index in [1.165, 1.54) is 11.8 Å². The molecule has 0 spiro atoms. The summed E-state index contributed by atoms with van der Waals surface area (Å²) in [6.07, 6.45) is 1.59. The molecular weight excluding hydrogens is 310 g/mol. The highest BCUT2D eigenvalue weighted by atomic mass is 32.2. The smallest absolute Gasteiger partial charge is 0.237 e. The lowest BCUT2D eigenvalue weighted by Crippen LogP contribution is -2.41. The largest absolute Gasteiger partial charge is 0.386 e. The number of nitrogens with zero attached hydrogens (tertiary/aromatic N) is 3. The van der Waals surface area contributed by atoms with E-state index in [0.717, 1.165) is 10.6 Å². The van der Waals surface area contributed by atoms with E-state index in [9.17, 15) is 4.79 Å². The van der Waals surface area contributed by atoms with Crippen LogP contribution < -0.4 is 10.6 Å². The van der Waals surface area contributed by atoms with Gasteiger partial charge in [0.25, 0.3) is 0 Å². The van der Waals surface area contributed by atoms with E-state index >= 15 is 0 Å². The summed E-state index contributed by atoms with van der Waals surface area (Å²) in [5.74, 6) is 0.546. The van der Waals surface area contributed by atoms with Crippen LogP contribution >= 0.6 is 11.8 Å². The van der Waals surface area contributed by atoms with Crippen molar-refractivity contribution < 1.29 is 4.79 Å². The number of thioether (sulfide) groups is 1. The molecule has 3 rings (SSSR count). The predicted molar refractivity (Wildman–Crippen MR) is 92.2 cm³/mol. The van der Waals surface area contributed by atoms with E-state index in [-0.39, 0.29) is 24.1 Å². The number of aromatic nitrogens is 1. The molecule has 0 atom stereocenters. The van der Waals surface area contributed by atoms with Crippen molar-refractivity contribution in [2.24, 2.45) is 10.7 Å². The molecule has 7 heteroatoms. The Balaban J connectivity index is 1.80. The van der Waals surface area contributed by atoms with Gasteiger partial charge in [0, 0.05) is 11.1 Å². The minimum atomic E-state index is -0.0183. The van der Waals surface area contributed by atoms with Gasteiger partial charge >= 0.3 is 0 Å². The van der Waals surface area contributed by atoms with E-state index in [1.54, 1.807) is 29.3 Å². The first-order chi connectivity index (χ1) is 11.1. The van der Waals surface area contributed by atoms with Gasteiger partial charge in [-0.2, -0.15) is 0 Å². The number of anilines is 1. The Hall–Kier alpha value is -2.67. The SMILES string of the molecule is N=C(N=C(N)CN1C(=O)CSc2ccccc21)c1ccccn1. The van der Waals surface area contributed by atoms with Crippen LogP contribution in [0.3, 0.4) is 0 Å². The highest BCUT2D eigenvalue weighted by Gasteiger charge is 2.25. The van der Waals surface area contributed by atoms with E-state index in [1.807, 2.05) is 24.3 Å². The highest BCUT2D eigenvalue weighted by Crippen LogP contribution is 2.34. The van der Waals surface area contributed by atoms with Gasteiger partial charge in [-0.1, -0.05) is 18.2 Å². The van der Waals surface area contributed by atoms with Gasteiger partial charge in [-0.3, -0.25) is 15.2 Å². The molecule has 0 saturated heterocycles. The van der Waals surface area contributed by atoms with Crippen molar-refractivity contribution in [2.45, 2.75) is 4.90 Å². The molecule has 3 N–H and O–H groups in total. The summed E-state index contributed by atoms with van der Waals surface area (Å²) >= 11 is 1.51. The van der Waals surface area contributed by atoms with Crippen molar-refractivity contribution in [3.05, 3.63) is 54.4 Å². The molecule has 116 valence electrons. The fourth-order valence-corrected chi connectivity index (χ4v) is 3.16. The number of hydrogen-bond acceptors (Lipinski definition) is 4. The number of aliphatic imine (C=N–C) groups is 1. The number of hydrogen-bond donors (Lipinski definition) is 2. The number of rotatable bonds is 3. The minimum absolute atomic E-state index is 0.0174. The molecule has 1 aromatic heterocycles. The molecule has 2 aromatic rings. The van der Waals surface area contributed by atoms with Crippen LogP contribution in [0.4, 0.5) is 5.69 Å². The molecule has 23 heavy (non-hydrogen) atoms. The van der Waals surface area contributed by atoms with Crippen molar-refractivity contribution in [1.82, 2.24) is 4.98 Å². The Morgan fingerprint density at radius 2 is 2.09 bits per heavy atom. The number of fused-ring (bicyclic) bond motifs is 1. The second-order valence-corrected chi connectivity index (χ2v) is 5.92. The lowest BCUT2D eigenvalue weighted by atomic mass is 10.2. The Labute approximate surface area is 137 Å². The fraction of sp³-hybridized carbons (Fsp3) is 0.125. The molecule has 0 saturated carbocycles. The lowest BCUT2D eigenvalue weighted by molar-refractivity contribution is -0.116. The summed E-state index contributed by atoms with van der Waals surface area (Å²) in [6.45, 7) is 0.158. The third-order valence-corrected chi connectivity index (χ3v) is 4.34. The quantitative estimate of drug-likeness (QED) is 0.665. The number of amides is 1. The van der Waals surface area contributed by atoms with Crippen LogP contribution in [0.25, 0.3) is 0 Å². The molecule has 0 aliphatic carbocycles. The van der Waals surface area contributed by atoms with Crippen LogP contribution in [0, 0.1) is 5.41 Å². The maximum absolute atomic E-state index is 12.2. The molecule has 2 heterocycles. The lowest BCUT2D eigenvalue weighted by Gasteiger charge is -2.28. The van der Waals surface area contributed by atoms with Crippen molar-refractivity contribution in [3.63, 3.8) is 0 Å². The Kier molecular flexibility index (Phi) is 4.38. The van der Waals surface area contributed by atoms with Crippen LogP contribution in [-0.2, 0) is 4.79 Å². The molecular formula is C16H15N5OS. The second kappa shape index (κ2) is 6.62. The normalized spacial score (nSPS) is 14.5. The summed E-state index contributed by atoms with van der Waals surface area (Å²) in [5, 5.41) is 7.94. The third kappa shape index (κ3) is 3.40. The second-order valence-electron chi connectivity index (χ2n) is 4.90. The van der Waals surface area contributed by atoms with Gasteiger partial charge in [0.15, 0.2) is 5.84 Å². The monoisotopic (exact) mass is 325 g/mol. The average molecular weight is 325 g/mol. The molecule has 1 aromatic carbocycles. The maximum Gasteiger partial charge on any atom is 0.237 e. The molecule has 0 unspecified atom stereocenters. The van der Waals surface area contributed by atoms with Crippen molar-refractivity contribution in [2.75, 3.05) is 17.2 Å². The Morgan fingerprint density at radius 3 is 2.87 bits per heavy atom. The van der Waals surface area contributed by atoms with Crippen LogP contribution in [0.15, 0.2) is 58.5 Å². The average Bonchev–Trinajstić information content (AvgIpc) is 2.58. The van der Waals surface area contributed by atoms with Crippen LogP contribution in [0.2, 0.25) is 0 Å². The first kappa shape index (κ1) is 15.2. The van der Waals surface area contributed by atoms with Crippen molar-refractivity contribution in [1.29, 1.82) is 5.41 Å². The molecule has 1 aliphatic heterocycles. The van der Waals surface area contributed by atoms with Gasteiger partial charge in [0.05, 0.1) is 18.0 Å². The van der Waals surface area contributed by atoms with E-state index in [0.29, 0.717) is 11.4 Å². The first-order valence-electron chi connectivity index (χ1n) is 7.00. The number of carbonyl (C=O) groups excluding carboxylic acids is 1. The summed E-state index contributed by atoms with van der Waals surface area (Å²) < 4.78 is 0. The maximum atomic E-state index is 12.2. The number of amidine groups is 2. The van der Waals surface area contributed by atoms with E-state index in [2.05, 4.69) is 9.98 Å². The minimum Gasteiger partial charge on any atom is -0.386 e. The highest BCUT2D eigenvalue weighted by molar-refractivity contribution is 8.00. The summed E-state index contributed by atoms with van der Waals surface area (Å²) in [7, 11) is 0. The number of para-hydroxylation sites is 1. The van der Waals surface area contributed by atoms with Gasteiger partial charge in [-0.05, 0) is 24.3 Å². The standard InChI is InChI=1S/C16H15N5OS/c17-14(20-16(18)11-5-3-4-8-19-11)9-21-12-6-1-2-7-13(12)23-10-15(21)22/h1-8H,9-10H2,(H3,17,18,20). The summed E-state index contributed by atoms with van der Waals surface area (Å²) in [6, 6.07) is 12.9. The van der Waals surface area contributed by atoms with Crippen molar-refractivity contribution >= 4 is 35.0 Å². The molecule has 1 amide bonds. The Bertz CT molecular complexity index is 775. The first-order valence-corrected chi connectivity index (χ1v) is 7.99. The van der Waals surface area contributed by atoms with Crippen LogP contribution in [0.5, 0.6) is 0 Å². The van der Waals surface area contributed by atoms with E-state index in [4.69, 9.17) is 11.1 Å². The number of benzene rings is 1. The predicted octanol–water partition coefficient (Wildman–Crippen LogP) is 1.90.